The number of hydrogen-bond donors (Lipinski definition) is 1. The molecule has 1 N–H and O–H groups in total. The van der Waals surface area contributed by atoms with Crippen molar-refractivity contribution in [3.05, 3.63) is 70.1 Å². The number of halogens is 7. The van der Waals surface area contributed by atoms with Crippen LogP contribution in [0.2, 0.25) is 5.02 Å². The van der Waals surface area contributed by atoms with Crippen molar-refractivity contribution in [2.24, 2.45) is 0 Å². The van der Waals surface area contributed by atoms with Crippen LogP contribution in [0.15, 0.2) is 46.9 Å². The van der Waals surface area contributed by atoms with E-state index in [0.717, 1.165) is 17.2 Å². The average Bonchev–Trinajstić information content (AvgIpc) is 3.05. The normalized spacial score (nSPS) is 12.8. The predicted molar refractivity (Wildman–Crippen MR) is 103 cm³/mol. The van der Waals surface area contributed by atoms with Crippen LogP contribution in [0.3, 0.4) is 0 Å². The molecule has 0 atom stereocenters. The zero-order valence-corrected chi connectivity index (χ0v) is 17.4. The lowest BCUT2D eigenvalue weighted by Gasteiger charge is -2.32. The first-order valence-electron chi connectivity index (χ1n) is 9.06. The second-order valence-electron chi connectivity index (χ2n) is 6.98. The molecule has 0 spiro atoms. The van der Waals surface area contributed by atoms with Gasteiger partial charge in [0.2, 0.25) is 5.89 Å². The van der Waals surface area contributed by atoms with Crippen LogP contribution in [-0.4, -0.2) is 22.4 Å². The maximum Gasteiger partial charge on any atom is 0.430 e. The number of nitrogens with zero attached hydrogens (tertiary/aromatic N) is 1. The Labute approximate surface area is 183 Å². The molecule has 32 heavy (non-hydrogen) atoms. The third-order valence-electron chi connectivity index (χ3n) is 4.80. The van der Waals surface area contributed by atoms with Gasteiger partial charge in [0.1, 0.15) is 23.8 Å². The standard InChI is InChI=1S/C21H16ClF6NO3/c1-11-5-3-4-6-14(11)18-29-16(12(2)32-18)10-31-17-8-7-13(9-15(17)22)19(30,20(23,24)25)21(26,27)28/h3-9,30H,10H2,1-2H3. The van der Waals surface area contributed by atoms with E-state index in [4.69, 9.17) is 20.8 Å². The average molecular weight is 480 g/mol. The van der Waals surface area contributed by atoms with Gasteiger partial charge < -0.3 is 14.3 Å². The van der Waals surface area contributed by atoms with E-state index < -0.39 is 28.5 Å². The third kappa shape index (κ3) is 4.29. The summed E-state index contributed by atoms with van der Waals surface area (Å²) in [5.41, 5.74) is -4.52. The monoisotopic (exact) mass is 479 g/mol. The lowest BCUT2D eigenvalue weighted by Crippen LogP contribution is -2.53. The molecule has 1 aromatic heterocycles. The molecule has 0 fully saturated rings. The van der Waals surface area contributed by atoms with Gasteiger partial charge in [-0.1, -0.05) is 35.9 Å². The van der Waals surface area contributed by atoms with E-state index in [-0.39, 0.29) is 12.4 Å². The quantitative estimate of drug-likeness (QED) is 0.424. The molecular weight excluding hydrogens is 464 g/mol. The van der Waals surface area contributed by atoms with Gasteiger partial charge in [0.15, 0.2) is 0 Å². The SMILES string of the molecule is Cc1ccccc1-c1nc(COc2ccc(C(O)(C(F)(F)F)C(F)(F)F)cc2Cl)c(C)o1. The first kappa shape index (κ1) is 23.9. The number of aryl methyl sites for hydroxylation is 2. The first-order valence-corrected chi connectivity index (χ1v) is 9.44. The van der Waals surface area contributed by atoms with Gasteiger partial charge in [-0.3, -0.25) is 0 Å². The summed E-state index contributed by atoms with van der Waals surface area (Å²) >= 11 is 5.85. The molecule has 2 aromatic carbocycles. The Morgan fingerprint density at radius 3 is 2.19 bits per heavy atom. The van der Waals surface area contributed by atoms with Gasteiger partial charge in [-0.05, 0) is 37.6 Å². The summed E-state index contributed by atoms with van der Waals surface area (Å²) in [6, 6.07) is 8.98. The second kappa shape index (κ2) is 8.32. The fourth-order valence-corrected chi connectivity index (χ4v) is 3.20. The number of aromatic nitrogens is 1. The molecule has 172 valence electrons. The van der Waals surface area contributed by atoms with Crippen LogP contribution in [0.1, 0.15) is 22.6 Å². The van der Waals surface area contributed by atoms with Crippen LogP contribution in [0.4, 0.5) is 26.3 Å². The van der Waals surface area contributed by atoms with Crippen LogP contribution < -0.4 is 4.74 Å². The van der Waals surface area contributed by atoms with Gasteiger partial charge in [0, 0.05) is 11.1 Å². The van der Waals surface area contributed by atoms with Crippen molar-refractivity contribution in [2.45, 2.75) is 38.4 Å². The largest absolute Gasteiger partial charge is 0.486 e. The van der Waals surface area contributed by atoms with Crippen LogP contribution in [0.5, 0.6) is 5.75 Å². The van der Waals surface area contributed by atoms with Crippen molar-refractivity contribution in [3.8, 4) is 17.2 Å². The summed E-state index contributed by atoms with van der Waals surface area (Å²) in [7, 11) is 0. The number of oxazole rings is 1. The Balaban J connectivity index is 1.84. The van der Waals surface area contributed by atoms with Gasteiger partial charge in [0.05, 0.1) is 5.02 Å². The highest BCUT2D eigenvalue weighted by atomic mass is 35.5. The highest BCUT2D eigenvalue weighted by Gasteiger charge is 2.71. The molecule has 3 aromatic rings. The molecule has 0 radical (unpaired) electrons. The minimum Gasteiger partial charge on any atom is -0.486 e. The van der Waals surface area contributed by atoms with Gasteiger partial charge in [-0.2, -0.15) is 26.3 Å². The first-order chi connectivity index (χ1) is 14.8. The second-order valence-corrected chi connectivity index (χ2v) is 7.38. The fourth-order valence-electron chi connectivity index (χ4n) is 2.97. The maximum atomic E-state index is 13.0. The number of alkyl halides is 6. The van der Waals surface area contributed by atoms with E-state index in [9.17, 15) is 31.4 Å². The Kier molecular flexibility index (Phi) is 6.23. The topological polar surface area (TPSA) is 55.5 Å². The van der Waals surface area contributed by atoms with E-state index in [2.05, 4.69) is 4.98 Å². The van der Waals surface area contributed by atoms with Gasteiger partial charge in [0.25, 0.3) is 5.60 Å². The maximum absolute atomic E-state index is 13.0. The fraction of sp³-hybridized carbons (Fsp3) is 0.286. The molecule has 1 heterocycles. The number of benzene rings is 2. The zero-order chi connectivity index (χ0) is 23.9. The summed E-state index contributed by atoms with van der Waals surface area (Å²) in [6.07, 6.45) is -12.0. The number of rotatable bonds is 5. The predicted octanol–water partition coefficient (Wildman–Crippen LogP) is 6.50. The molecule has 0 unspecified atom stereocenters. The highest BCUT2D eigenvalue weighted by molar-refractivity contribution is 6.32. The molecule has 0 aliphatic heterocycles. The molecule has 0 saturated heterocycles. The van der Waals surface area contributed by atoms with Crippen molar-refractivity contribution >= 4 is 11.6 Å². The third-order valence-corrected chi connectivity index (χ3v) is 5.10. The molecule has 0 aliphatic rings. The number of aliphatic hydroxyl groups is 1. The van der Waals surface area contributed by atoms with Crippen LogP contribution >= 0.6 is 11.6 Å². The van der Waals surface area contributed by atoms with Crippen LogP contribution in [-0.2, 0) is 12.2 Å². The number of hydrogen-bond acceptors (Lipinski definition) is 4. The van der Waals surface area contributed by atoms with E-state index in [1.54, 1.807) is 6.92 Å². The van der Waals surface area contributed by atoms with Crippen molar-refractivity contribution < 1.29 is 40.6 Å². The van der Waals surface area contributed by atoms with Gasteiger partial charge in [-0.15, -0.1) is 0 Å². The lowest BCUT2D eigenvalue weighted by atomic mass is 9.92. The van der Waals surface area contributed by atoms with Crippen molar-refractivity contribution in [3.63, 3.8) is 0 Å². The summed E-state index contributed by atoms with van der Waals surface area (Å²) in [4.78, 5) is 4.33. The van der Waals surface area contributed by atoms with E-state index in [1.807, 2.05) is 31.2 Å². The van der Waals surface area contributed by atoms with Crippen LogP contribution in [0, 0.1) is 13.8 Å². The molecule has 11 heteroatoms. The molecule has 0 bridgehead atoms. The van der Waals surface area contributed by atoms with Gasteiger partial charge in [-0.25, -0.2) is 4.98 Å². The smallest absolute Gasteiger partial charge is 0.430 e. The minimum atomic E-state index is -6.01. The minimum absolute atomic E-state index is 0.193. The molecule has 0 aliphatic carbocycles. The summed E-state index contributed by atoms with van der Waals surface area (Å²) in [6.45, 7) is 3.30. The number of ether oxygens (including phenoxy) is 1. The van der Waals surface area contributed by atoms with Crippen molar-refractivity contribution in [2.75, 3.05) is 0 Å². The van der Waals surface area contributed by atoms with Crippen molar-refractivity contribution in [1.29, 1.82) is 0 Å². The zero-order valence-electron chi connectivity index (χ0n) is 16.6. The summed E-state index contributed by atoms with van der Waals surface area (Å²) in [5, 5.41) is 8.93. The molecule has 3 rings (SSSR count). The Hall–Kier alpha value is -2.72. The Bertz CT molecular complexity index is 1110. The molecular formula is C21H16ClF6NO3. The Morgan fingerprint density at radius 1 is 1.00 bits per heavy atom. The van der Waals surface area contributed by atoms with Crippen molar-refractivity contribution in [1.82, 2.24) is 4.98 Å². The summed E-state index contributed by atoms with van der Waals surface area (Å²) < 4.78 is 89.3. The van der Waals surface area contributed by atoms with E-state index in [0.29, 0.717) is 29.5 Å². The molecule has 0 saturated carbocycles. The lowest BCUT2D eigenvalue weighted by molar-refractivity contribution is -0.376. The van der Waals surface area contributed by atoms with Crippen LogP contribution in [0.25, 0.3) is 11.5 Å². The van der Waals surface area contributed by atoms with Gasteiger partial charge >= 0.3 is 12.4 Å². The summed E-state index contributed by atoms with van der Waals surface area (Å²) in [5.74, 6) is 0.558. The highest BCUT2D eigenvalue weighted by Crippen LogP contribution is 2.50. The molecule has 0 amide bonds. The van der Waals surface area contributed by atoms with E-state index >= 15 is 0 Å². The van der Waals surface area contributed by atoms with E-state index in [1.165, 1.54) is 0 Å². The Morgan fingerprint density at radius 2 is 1.62 bits per heavy atom. The molecule has 4 nitrogen and oxygen atoms in total.